The van der Waals surface area contributed by atoms with Gasteiger partial charge >= 0.3 is 0 Å². The number of pyridine rings is 1. The van der Waals surface area contributed by atoms with Crippen LogP contribution in [0.25, 0.3) is 0 Å². The van der Waals surface area contributed by atoms with Crippen molar-refractivity contribution in [2.24, 2.45) is 5.73 Å². The number of anilines is 1. The maximum atomic E-state index is 13.3. The summed E-state index contributed by atoms with van der Waals surface area (Å²) in [5, 5.41) is 2.42. The van der Waals surface area contributed by atoms with Crippen LogP contribution in [0.2, 0.25) is 0 Å². The fourth-order valence-electron chi connectivity index (χ4n) is 1.51. The summed E-state index contributed by atoms with van der Waals surface area (Å²) in [6.07, 6.45) is 1.48. The largest absolute Gasteiger partial charge is 0.482 e. The van der Waals surface area contributed by atoms with Gasteiger partial charge in [0.05, 0.1) is 17.6 Å². The molecule has 1 heterocycles. The number of para-hydroxylation sites is 1. The quantitative estimate of drug-likeness (QED) is 0.870. The van der Waals surface area contributed by atoms with Crippen LogP contribution in [0.1, 0.15) is 5.69 Å². The predicted octanol–water partition coefficient (Wildman–Crippen LogP) is 1.70. The Morgan fingerprint density at radius 1 is 1.30 bits per heavy atom. The summed E-state index contributed by atoms with van der Waals surface area (Å²) >= 11 is 0. The third-order valence-electron chi connectivity index (χ3n) is 2.52. The lowest BCUT2D eigenvalue weighted by Crippen LogP contribution is -2.20. The maximum absolute atomic E-state index is 13.3. The normalized spacial score (nSPS) is 10.1. The number of aromatic nitrogens is 1. The molecule has 0 unspecified atom stereocenters. The van der Waals surface area contributed by atoms with Crippen molar-refractivity contribution in [2.45, 2.75) is 6.54 Å². The second-order valence-electron chi connectivity index (χ2n) is 4.01. The number of carbonyl (C=O) groups excluding carboxylic acids is 1. The summed E-state index contributed by atoms with van der Waals surface area (Å²) in [4.78, 5) is 15.6. The number of hydrogen-bond donors (Lipinski definition) is 2. The molecule has 0 saturated heterocycles. The fraction of sp³-hybridized carbons (Fsp3) is 0.143. The first-order valence-corrected chi connectivity index (χ1v) is 6.01. The number of ether oxygens (including phenoxy) is 1. The molecule has 20 heavy (non-hydrogen) atoms. The summed E-state index contributed by atoms with van der Waals surface area (Å²) < 4.78 is 18.6. The highest BCUT2D eigenvalue weighted by Gasteiger charge is 2.07. The fourth-order valence-corrected chi connectivity index (χ4v) is 1.51. The number of hydrogen-bond acceptors (Lipinski definition) is 4. The summed E-state index contributed by atoms with van der Waals surface area (Å²) in [5.74, 6) is -0.487. The average Bonchev–Trinajstić information content (AvgIpc) is 2.48. The highest BCUT2D eigenvalue weighted by Crippen LogP contribution is 2.13. The highest BCUT2D eigenvalue weighted by molar-refractivity contribution is 5.91. The molecule has 0 radical (unpaired) electrons. The van der Waals surface area contributed by atoms with Crippen molar-refractivity contribution in [1.29, 1.82) is 0 Å². The number of benzene rings is 1. The molecule has 6 heteroatoms. The molecule has 0 bridgehead atoms. The van der Waals surface area contributed by atoms with Gasteiger partial charge in [-0.25, -0.2) is 4.39 Å². The van der Waals surface area contributed by atoms with Crippen LogP contribution >= 0.6 is 0 Å². The van der Waals surface area contributed by atoms with Gasteiger partial charge in [0.1, 0.15) is 11.6 Å². The molecule has 1 amide bonds. The molecule has 5 nitrogen and oxygen atoms in total. The Hall–Kier alpha value is -2.47. The Morgan fingerprint density at radius 3 is 2.75 bits per heavy atom. The standard InChI is InChI=1S/C14H14FN3O2/c15-12-3-1-2-4-13(12)18-14(19)9-20-11-6-5-10(7-16)17-8-11/h1-6,8H,7,9,16H2,(H,18,19). The minimum absolute atomic E-state index is 0.123. The second-order valence-corrected chi connectivity index (χ2v) is 4.01. The molecule has 0 saturated carbocycles. The van der Waals surface area contributed by atoms with E-state index in [2.05, 4.69) is 10.3 Å². The summed E-state index contributed by atoms with van der Waals surface area (Å²) in [7, 11) is 0. The number of nitrogens with zero attached hydrogens (tertiary/aromatic N) is 1. The number of nitrogens with one attached hydrogen (secondary N) is 1. The highest BCUT2D eigenvalue weighted by atomic mass is 19.1. The van der Waals surface area contributed by atoms with Crippen LogP contribution in [-0.2, 0) is 11.3 Å². The zero-order valence-corrected chi connectivity index (χ0v) is 10.7. The lowest BCUT2D eigenvalue weighted by molar-refractivity contribution is -0.118. The Labute approximate surface area is 115 Å². The van der Waals surface area contributed by atoms with Crippen molar-refractivity contribution < 1.29 is 13.9 Å². The van der Waals surface area contributed by atoms with E-state index >= 15 is 0 Å². The van der Waals surface area contributed by atoms with E-state index in [-0.39, 0.29) is 12.3 Å². The number of carbonyl (C=O) groups is 1. The van der Waals surface area contributed by atoms with Crippen LogP contribution in [0, 0.1) is 5.82 Å². The van der Waals surface area contributed by atoms with E-state index in [1.165, 1.54) is 18.3 Å². The van der Waals surface area contributed by atoms with Gasteiger partial charge in [-0.1, -0.05) is 12.1 Å². The molecule has 0 aliphatic heterocycles. The Kier molecular flexibility index (Phi) is 4.62. The van der Waals surface area contributed by atoms with Gasteiger partial charge in [-0.2, -0.15) is 0 Å². The molecule has 3 N–H and O–H groups in total. The lowest BCUT2D eigenvalue weighted by atomic mass is 10.3. The monoisotopic (exact) mass is 275 g/mol. The second kappa shape index (κ2) is 6.63. The van der Waals surface area contributed by atoms with Gasteiger partial charge < -0.3 is 15.8 Å². The van der Waals surface area contributed by atoms with Crippen molar-refractivity contribution in [3.05, 3.63) is 54.1 Å². The van der Waals surface area contributed by atoms with E-state index in [1.807, 2.05) is 0 Å². The number of halogens is 1. The van der Waals surface area contributed by atoms with E-state index in [0.29, 0.717) is 12.3 Å². The van der Waals surface area contributed by atoms with Gasteiger partial charge in [-0.05, 0) is 24.3 Å². The average molecular weight is 275 g/mol. The first-order chi connectivity index (χ1) is 9.69. The molecule has 1 aromatic heterocycles. The summed E-state index contributed by atoms with van der Waals surface area (Å²) in [6.45, 7) is 0.117. The van der Waals surface area contributed by atoms with E-state index in [0.717, 1.165) is 5.69 Å². The van der Waals surface area contributed by atoms with Crippen LogP contribution in [0.3, 0.4) is 0 Å². The Bertz CT molecular complexity index is 587. The van der Waals surface area contributed by atoms with Crippen LogP contribution < -0.4 is 15.8 Å². The Morgan fingerprint density at radius 2 is 2.10 bits per heavy atom. The van der Waals surface area contributed by atoms with Gasteiger partial charge in [-0.3, -0.25) is 9.78 Å². The Balaban J connectivity index is 1.87. The number of rotatable bonds is 5. The minimum Gasteiger partial charge on any atom is -0.482 e. The SMILES string of the molecule is NCc1ccc(OCC(=O)Nc2ccccc2F)cn1. The molecule has 0 fully saturated rings. The van der Waals surface area contributed by atoms with E-state index in [1.54, 1.807) is 24.3 Å². The zero-order chi connectivity index (χ0) is 14.4. The van der Waals surface area contributed by atoms with Crippen LogP contribution in [0.15, 0.2) is 42.6 Å². The smallest absolute Gasteiger partial charge is 0.262 e. The van der Waals surface area contributed by atoms with Crippen molar-refractivity contribution in [3.63, 3.8) is 0 Å². The predicted molar refractivity (Wildman–Crippen MR) is 72.7 cm³/mol. The topological polar surface area (TPSA) is 77.2 Å². The van der Waals surface area contributed by atoms with Crippen molar-refractivity contribution in [3.8, 4) is 5.75 Å². The minimum atomic E-state index is -0.491. The molecule has 0 spiro atoms. The van der Waals surface area contributed by atoms with E-state index < -0.39 is 11.7 Å². The van der Waals surface area contributed by atoms with Gasteiger partial charge in [0, 0.05) is 6.54 Å². The van der Waals surface area contributed by atoms with Crippen LogP contribution in [-0.4, -0.2) is 17.5 Å². The number of amides is 1. The molecule has 1 aromatic carbocycles. The molecular formula is C14H14FN3O2. The van der Waals surface area contributed by atoms with Crippen LogP contribution in [0.4, 0.5) is 10.1 Å². The molecule has 0 atom stereocenters. The van der Waals surface area contributed by atoms with Gasteiger partial charge in [0.2, 0.25) is 0 Å². The lowest BCUT2D eigenvalue weighted by Gasteiger charge is -2.08. The molecule has 0 aliphatic carbocycles. The maximum Gasteiger partial charge on any atom is 0.262 e. The van der Waals surface area contributed by atoms with Gasteiger partial charge in [-0.15, -0.1) is 0 Å². The first kappa shape index (κ1) is 14.0. The van der Waals surface area contributed by atoms with Gasteiger partial charge in [0.15, 0.2) is 6.61 Å². The van der Waals surface area contributed by atoms with Crippen LogP contribution in [0.5, 0.6) is 5.75 Å². The summed E-state index contributed by atoms with van der Waals surface area (Å²) in [5.41, 5.74) is 6.27. The van der Waals surface area contributed by atoms with Crippen molar-refractivity contribution in [2.75, 3.05) is 11.9 Å². The zero-order valence-electron chi connectivity index (χ0n) is 10.7. The molecule has 2 aromatic rings. The molecular weight excluding hydrogens is 261 g/mol. The van der Waals surface area contributed by atoms with Crippen molar-refractivity contribution >= 4 is 11.6 Å². The van der Waals surface area contributed by atoms with Gasteiger partial charge in [0.25, 0.3) is 5.91 Å². The number of nitrogens with two attached hydrogens (primary N) is 1. The molecule has 2 rings (SSSR count). The van der Waals surface area contributed by atoms with E-state index in [4.69, 9.17) is 10.5 Å². The van der Waals surface area contributed by atoms with E-state index in [9.17, 15) is 9.18 Å². The molecule has 0 aliphatic rings. The van der Waals surface area contributed by atoms with Crippen molar-refractivity contribution in [1.82, 2.24) is 4.98 Å². The molecule has 104 valence electrons. The third-order valence-corrected chi connectivity index (χ3v) is 2.52. The first-order valence-electron chi connectivity index (χ1n) is 6.01. The third kappa shape index (κ3) is 3.76. The summed E-state index contributed by atoms with van der Waals surface area (Å²) in [6, 6.07) is 9.31.